The van der Waals surface area contributed by atoms with Crippen molar-refractivity contribution in [3.8, 4) is 16.9 Å². The maximum Gasteiger partial charge on any atom is 0.130 e. The molecule has 0 atom stereocenters. The number of aliphatic hydroxyl groups excluding tert-OH is 6. The van der Waals surface area contributed by atoms with E-state index in [-0.39, 0.29) is 17.2 Å². The number of rotatable bonds is 8. The van der Waals surface area contributed by atoms with Gasteiger partial charge in [0.05, 0.1) is 51.1 Å². The summed E-state index contributed by atoms with van der Waals surface area (Å²) in [6.07, 6.45) is 0. The quantitative estimate of drug-likeness (QED) is 0.284. The number of aliphatic hydroxyl groups is 6. The van der Waals surface area contributed by atoms with Gasteiger partial charge in [-0.05, 0) is 23.3 Å². The second-order valence-electron chi connectivity index (χ2n) is 7.59. The summed E-state index contributed by atoms with van der Waals surface area (Å²) in [7, 11) is 0. The average Bonchev–Trinajstić information content (AvgIpc) is 2.82. The molecule has 0 amide bonds. The molecule has 0 unspecified atom stereocenters. The highest BCUT2D eigenvalue weighted by Crippen LogP contribution is 2.37. The van der Waals surface area contributed by atoms with Crippen molar-refractivity contribution in [2.24, 2.45) is 9.98 Å². The zero-order valence-corrected chi connectivity index (χ0v) is 16.8. The largest absolute Gasteiger partial charge is 0.508 e. The molecular formula is C22H26N2O7. The maximum atomic E-state index is 10.1. The van der Waals surface area contributed by atoms with Crippen molar-refractivity contribution in [1.82, 2.24) is 0 Å². The van der Waals surface area contributed by atoms with Crippen molar-refractivity contribution in [1.29, 1.82) is 0 Å². The normalized spacial score (nSPS) is 16.5. The number of hydrogen-bond acceptors (Lipinski definition) is 9. The fourth-order valence-electron chi connectivity index (χ4n) is 3.36. The Morgan fingerprint density at radius 1 is 0.548 bits per heavy atom. The van der Waals surface area contributed by atoms with Gasteiger partial charge in [-0.2, -0.15) is 0 Å². The smallest absolute Gasteiger partial charge is 0.130 e. The van der Waals surface area contributed by atoms with Gasteiger partial charge in [0.1, 0.15) is 16.8 Å². The summed E-state index contributed by atoms with van der Waals surface area (Å²) in [5, 5.41) is 69.1. The standard InChI is InChI=1S/C22H26N2O7/c25-8-21(9-26,10-27)23-19-17-4-2-1-3-15(17)16-6-5-14(31)7-18(16)20(19)24-22(11-28,12-29)13-30/h1-7,25-31H,8-13H2. The minimum absolute atomic E-state index is 0.0643. The fraction of sp³-hybridized carbons (Fsp3) is 0.364. The van der Waals surface area contributed by atoms with E-state index < -0.39 is 50.7 Å². The predicted octanol–water partition coefficient (Wildman–Crippen LogP) is -0.918. The Morgan fingerprint density at radius 3 is 1.45 bits per heavy atom. The van der Waals surface area contributed by atoms with Gasteiger partial charge in [0.25, 0.3) is 0 Å². The number of benzene rings is 2. The van der Waals surface area contributed by atoms with Gasteiger partial charge in [0.2, 0.25) is 0 Å². The lowest BCUT2D eigenvalue weighted by molar-refractivity contribution is 0.0705. The Labute approximate surface area is 178 Å². The van der Waals surface area contributed by atoms with E-state index in [0.29, 0.717) is 16.7 Å². The number of fused-ring (bicyclic) bond motifs is 3. The van der Waals surface area contributed by atoms with E-state index in [1.165, 1.54) is 12.1 Å². The summed E-state index contributed by atoms with van der Waals surface area (Å²) in [5.74, 6) is -0.0643. The van der Waals surface area contributed by atoms with Gasteiger partial charge in [-0.15, -0.1) is 0 Å². The number of phenols is 1. The molecule has 0 saturated heterocycles. The predicted molar refractivity (Wildman–Crippen MR) is 115 cm³/mol. The molecule has 1 aliphatic rings. The van der Waals surface area contributed by atoms with Crippen molar-refractivity contribution in [2.45, 2.75) is 11.1 Å². The monoisotopic (exact) mass is 430 g/mol. The summed E-state index contributed by atoms with van der Waals surface area (Å²) in [6.45, 7) is -3.97. The Hall–Kier alpha value is -2.66. The molecule has 0 aromatic heterocycles. The first-order valence-corrected chi connectivity index (χ1v) is 9.70. The Balaban J connectivity index is 2.43. The molecule has 0 aliphatic heterocycles. The lowest BCUT2D eigenvalue weighted by Crippen LogP contribution is -2.44. The Morgan fingerprint density at radius 2 is 0.968 bits per heavy atom. The van der Waals surface area contributed by atoms with Crippen LogP contribution in [0, 0.1) is 0 Å². The van der Waals surface area contributed by atoms with Crippen LogP contribution < -0.4 is 0 Å². The first kappa shape index (κ1) is 23.0. The van der Waals surface area contributed by atoms with Crippen LogP contribution in [0.1, 0.15) is 11.1 Å². The number of phenolic OH excluding ortho intramolecular Hbond substituents is 1. The molecule has 0 heterocycles. The summed E-state index contributed by atoms with van der Waals surface area (Å²) in [5.41, 5.74) is -0.561. The van der Waals surface area contributed by atoms with Gasteiger partial charge in [-0.1, -0.05) is 30.3 Å². The molecule has 166 valence electrons. The molecule has 9 heteroatoms. The zero-order valence-electron chi connectivity index (χ0n) is 16.8. The summed E-state index contributed by atoms with van der Waals surface area (Å²) in [4.78, 5) is 8.92. The molecule has 7 N–H and O–H groups in total. The molecule has 0 radical (unpaired) electrons. The van der Waals surface area contributed by atoms with E-state index in [0.717, 1.165) is 5.56 Å². The van der Waals surface area contributed by atoms with Crippen LogP contribution >= 0.6 is 0 Å². The molecule has 0 bridgehead atoms. The molecule has 0 fully saturated rings. The van der Waals surface area contributed by atoms with Gasteiger partial charge in [0, 0.05) is 11.1 Å². The zero-order chi connectivity index (χ0) is 22.6. The van der Waals surface area contributed by atoms with Crippen LogP contribution in [-0.2, 0) is 0 Å². The Kier molecular flexibility index (Phi) is 6.85. The van der Waals surface area contributed by atoms with E-state index in [9.17, 15) is 35.7 Å². The van der Waals surface area contributed by atoms with Crippen LogP contribution in [0.2, 0.25) is 0 Å². The minimum atomic E-state index is -1.65. The van der Waals surface area contributed by atoms with Crippen LogP contribution in [-0.4, -0.2) is 97.9 Å². The van der Waals surface area contributed by atoms with Gasteiger partial charge in [0.15, 0.2) is 0 Å². The second kappa shape index (κ2) is 9.23. The van der Waals surface area contributed by atoms with E-state index >= 15 is 0 Å². The third-order valence-corrected chi connectivity index (χ3v) is 5.42. The SMILES string of the molecule is OCC(CO)(CO)N=C1C(=NC(CO)(CO)CO)c2cc(O)ccc2-c2ccccc21. The molecule has 2 aromatic rings. The van der Waals surface area contributed by atoms with Gasteiger partial charge < -0.3 is 35.7 Å². The number of hydrogen-bond donors (Lipinski definition) is 7. The lowest BCUT2D eigenvalue weighted by Gasteiger charge is -2.31. The van der Waals surface area contributed by atoms with Gasteiger partial charge in [-0.25, -0.2) is 0 Å². The molecule has 0 spiro atoms. The number of nitrogens with zero attached hydrogens (tertiary/aromatic N) is 2. The van der Waals surface area contributed by atoms with E-state index in [4.69, 9.17) is 0 Å². The topological polar surface area (TPSA) is 166 Å². The fourth-order valence-corrected chi connectivity index (χ4v) is 3.36. The van der Waals surface area contributed by atoms with Crippen molar-refractivity contribution in [3.63, 3.8) is 0 Å². The van der Waals surface area contributed by atoms with Crippen molar-refractivity contribution >= 4 is 11.4 Å². The lowest BCUT2D eigenvalue weighted by atomic mass is 9.81. The summed E-state index contributed by atoms with van der Waals surface area (Å²) >= 11 is 0. The highest BCUT2D eigenvalue weighted by molar-refractivity contribution is 6.57. The molecule has 9 nitrogen and oxygen atoms in total. The molecule has 1 aliphatic carbocycles. The van der Waals surface area contributed by atoms with Crippen LogP contribution in [0.25, 0.3) is 11.1 Å². The molecule has 2 aromatic carbocycles. The van der Waals surface area contributed by atoms with Crippen LogP contribution in [0.15, 0.2) is 52.4 Å². The molecule has 3 rings (SSSR count). The van der Waals surface area contributed by atoms with E-state index in [2.05, 4.69) is 9.98 Å². The van der Waals surface area contributed by atoms with E-state index in [1.54, 1.807) is 18.2 Å². The van der Waals surface area contributed by atoms with Crippen LogP contribution in [0.4, 0.5) is 0 Å². The highest BCUT2D eigenvalue weighted by Gasteiger charge is 2.36. The first-order chi connectivity index (χ1) is 14.9. The first-order valence-electron chi connectivity index (χ1n) is 9.70. The van der Waals surface area contributed by atoms with Crippen LogP contribution in [0.5, 0.6) is 5.75 Å². The molecule has 0 saturated carbocycles. The van der Waals surface area contributed by atoms with Crippen molar-refractivity contribution in [2.75, 3.05) is 39.6 Å². The third-order valence-electron chi connectivity index (χ3n) is 5.42. The third kappa shape index (κ3) is 4.11. The van der Waals surface area contributed by atoms with Crippen molar-refractivity contribution in [3.05, 3.63) is 53.6 Å². The second-order valence-corrected chi connectivity index (χ2v) is 7.59. The van der Waals surface area contributed by atoms with E-state index in [1.807, 2.05) is 12.1 Å². The highest BCUT2D eigenvalue weighted by atomic mass is 16.3. The number of aliphatic imine (C=N–C) groups is 2. The molecule has 31 heavy (non-hydrogen) atoms. The van der Waals surface area contributed by atoms with Crippen LogP contribution in [0.3, 0.4) is 0 Å². The summed E-state index contributed by atoms with van der Waals surface area (Å²) < 4.78 is 0. The average molecular weight is 430 g/mol. The van der Waals surface area contributed by atoms with Gasteiger partial charge >= 0.3 is 0 Å². The Bertz CT molecular complexity index is 979. The minimum Gasteiger partial charge on any atom is -0.508 e. The summed E-state index contributed by atoms with van der Waals surface area (Å²) in [6, 6.07) is 11.8. The number of aromatic hydroxyl groups is 1. The molecular weight excluding hydrogens is 404 g/mol. The van der Waals surface area contributed by atoms with Gasteiger partial charge in [-0.3, -0.25) is 9.98 Å². The maximum absolute atomic E-state index is 10.1. The van der Waals surface area contributed by atoms with Crippen molar-refractivity contribution < 1.29 is 35.7 Å².